The quantitative estimate of drug-likeness (QED) is 0.863. The van der Waals surface area contributed by atoms with Crippen molar-refractivity contribution >= 4 is 11.9 Å². The van der Waals surface area contributed by atoms with Crippen LogP contribution in [0.5, 0.6) is 0 Å². The summed E-state index contributed by atoms with van der Waals surface area (Å²) in [7, 11) is 0. The van der Waals surface area contributed by atoms with Crippen LogP contribution in [0.1, 0.15) is 43.6 Å². The Bertz CT molecular complexity index is 506. The number of halogens is 1. The Labute approximate surface area is 118 Å². The fourth-order valence-electron chi connectivity index (χ4n) is 1.62. The Hall–Kier alpha value is -1.91. The highest BCUT2D eigenvalue weighted by Gasteiger charge is 2.15. The first-order valence-corrected chi connectivity index (χ1v) is 6.44. The zero-order valence-corrected chi connectivity index (χ0v) is 12.2. The number of nitrogens with one attached hydrogen (secondary N) is 1. The fraction of sp³-hybridized carbons (Fsp3) is 0.467. The van der Waals surface area contributed by atoms with Gasteiger partial charge in [-0.15, -0.1) is 0 Å². The highest BCUT2D eigenvalue weighted by atomic mass is 19.1. The predicted octanol–water partition coefficient (Wildman–Crippen LogP) is 3.10. The summed E-state index contributed by atoms with van der Waals surface area (Å²) in [6.45, 7) is 7.03. The molecule has 0 aromatic heterocycles. The molecule has 110 valence electrons. The Kier molecular flexibility index (Phi) is 5.25. The highest BCUT2D eigenvalue weighted by molar-refractivity contribution is 5.94. The number of carbonyl (C=O) groups is 2. The van der Waals surface area contributed by atoms with E-state index in [1.807, 2.05) is 0 Å². The molecule has 0 spiro atoms. The Morgan fingerprint density at radius 3 is 2.45 bits per heavy atom. The predicted molar refractivity (Wildman–Crippen MR) is 74.3 cm³/mol. The topological polar surface area (TPSA) is 55.4 Å². The first kappa shape index (κ1) is 16.1. The van der Waals surface area contributed by atoms with Gasteiger partial charge in [0.05, 0.1) is 0 Å². The molecule has 5 heteroatoms. The van der Waals surface area contributed by atoms with Crippen LogP contribution in [0.3, 0.4) is 0 Å². The average molecular weight is 281 g/mol. The summed E-state index contributed by atoms with van der Waals surface area (Å²) in [6.07, 6.45) is -0.0854. The minimum Gasteiger partial charge on any atom is -0.444 e. The van der Waals surface area contributed by atoms with Crippen LogP contribution in [0.15, 0.2) is 18.2 Å². The van der Waals surface area contributed by atoms with Gasteiger partial charge < -0.3 is 10.1 Å². The summed E-state index contributed by atoms with van der Waals surface area (Å²) in [6, 6.07) is 4.18. The Morgan fingerprint density at radius 1 is 1.25 bits per heavy atom. The van der Waals surface area contributed by atoms with Crippen LogP contribution >= 0.6 is 0 Å². The molecule has 0 saturated carbocycles. The van der Waals surface area contributed by atoms with Gasteiger partial charge >= 0.3 is 6.09 Å². The Balaban J connectivity index is 2.54. The molecule has 1 amide bonds. The van der Waals surface area contributed by atoms with Gasteiger partial charge in [-0.1, -0.05) is 0 Å². The monoisotopic (exact) mass is 281 g/mol. The van der Waals surface area contributed by atoms with Crippen molar-refractivity contribution in [3.8, 4) is 0 Å². The number of Topliss-reactive ketones (excluding diaryl/α,β-unsaturated/α-hetero) is 1. The largest absolute Gasteiger partial charge is 0.444 e. The zero-order chi connectivity index (χ0) is 15.3. The van der Waals surface area contributed by atoms with Crippen LogP contribution in [0.4, 0.5) is 9.18 Å². The van der Waals surface area contributed by atoms with E-state index >= 15 is 0 Å². The van der Waals surface area contributed by atoms with Crippen LogP contribution < -0.4 is 5.32 Å². The van der Waals surface area contributed by atoms with Crippen molar-refractivity contribution in [3.63, 3.8) is 0 Å². The molecule has 1 N–H and O–H groups in total. The van der Waals surface area contributed by atoms with Crippen molar-refractivity contribution in [1.82, 2.24) is 5.32 Å². The van der Waals surface area contributed by atoms with E-state index in [0.717, 1.165) is 0 Å². The molecule has 0 unspecified atom stereocenters. The maximum Gasteiger partial charge on any atom is 0.407 e. The lowest BCUT2D eigenvalue weighted by atomic mass is 10.1. The summed E-state index contributed by atoms with van der Waals surface area (Å²) < 4.78 is 18.4. The van der Waals surface area contributed by atoms with E-state index in [1.54, 1.807) is 26.8 Å². The molecule has 20 heavy (non-hydrogen) atoms. The molecule has 0 aliphatic carbocycles. The molecule has 1 aromatic carbocycles. The molecule has 0 radical (unpaired) electrons. The van der Waals surface area contributed by atoms with Gasteiger partial charge in [0.15, 0.2) is 5.78 Å². The van der Waals surface area contributed by atoms with Crippen LogP contribution in [-0.4, -0.2) is 24.0 Å². The number of ketones is 1. The first-order valence-electron chi connectivity index (χ1n) is 6.44. The van der Waals surface area contributed by atoms with Gasteiger partial charge in [0.25, 0.3) is 0 Å². The van der Waals surface area contributed by atoms with E-state index in [2.05, 4.69) is 5.32 Å². The van der Waals surface area contributed by atoms with Crippen molar-refractivity contribution < 1.29 is 18.7 Å². The van der Waals surface area contributed by atoms with Crippen molar-refractivity contribution in [2.75, 3.05) is 6.54 Å². The van der Waals surface area contributed by atoms with E-state index in [1.165, 1.54) is 19.1 Å². The molecular weight excluding hydrogens is 261 g/mol. The van der Waals surface area contributed by atoms with E-state index in [9.17, 15) is 14.0 Å². The van der Waals surface area contributed by atoms with E-state index < -0.39 is 17.5 Å². The summed E-state index contributed by atoms with van der Waals surface area (Å²) in [5.41, 5.74) is 0.439. The van der Waals surface area contributed by atoms with Gasteiger partial charge in [-0.2, -0.15) is 0 Å². The van der Waals surface area contributed by atoms with Crippen molar-refractivity contribution in [3.05, 3.63) is 35.1 Å². The second-order valence-corrected chi connectivity index (χ2v) is 5.58. The van der Waals surface area contributed by atoms with Gasteiger partial charge in [-0.25, -0.2) is 9.18 Å². The summed E-state index contributed by atoms with van der Waals surface area (Å²) >= 11 is 0. The number of alkyl carbamates (subject to hydrolysis) is 1. The van der Waals surface area contributed by atoms with Gasteiger partial charge in [0, 0.05) is 12.1 Å². The SMILES string of the molecule is CC(=O)c1cc(F)cc(CCNC(=O)OC(C)(C)C)c1. The molecule has 0 aliphatic rings. The second kappa shape index (κ2) is 6.50. The van der Waals surface area contributed by atoms with Gasteiger partial charge in [-0.3, -0.25) is 4.79 Å². The molecule has 0 fully saturated rings. The maximum atomic E-state index is 13.3. The van der Waals surface area contributed by atoms with Gasteiger partial charge in [-0.05, 0) is 57.9 Å². The summed E-state index contributed by atoms with van der Waals surface area (Å²) in [4.78, 5) is 22.7. The molecule has 0 heterocycles. The summed E-state index contributed by atoms with van der Waals surface area (Å²) in [5, 5.41) is 2.59. The summed E-state index contributed by atoms with van der Waals surface area (Å²) in [5.74, 6) is -0.643. The third kappa shape index (κ3) is 5.82. The lowest BCUT2D eigenvalue weighted by Crippen LogP contribution is -2.33. The fourth-order valence-corrected chi connectivity index (χ4v) is 1.62. The van der Waals surface area contributed by atoms with Gasteiger partial charge in [0.1, 0.15) is 11.4 Å². The number of amides is 1. The van der Waals surface area contributed by atoms with E-state index in [0.29, 0.717) is 24.1 Å². The second-order valence-electron chi connectivity index (χ2n) is 5.58. The molecule has 0 saturated heterocycles. The number of carbonyl (C=O) groups excluding carboxylic acids is 2. The molecule has 1 aromatic rings. The molecule has 0 aliphatic heterocycles. The maximum absolute atomic E-state index is 13.3. The highest BCUT2D eigenvalue weighted by Crippen LogP contribution is 2.11. The number of hydrogen-bond acceptors (Lipinski definition) is 3. The van der Waals surface area contributed by atoms with Crippen LogP contribution in [0.2, 0.25) is 0 Å². The van der Waals surface area contributed by atoms with E-state index in [4.69, 9.17) is 4.74 Å². The third-order valence-electron chi connectivity index (χ3n) is 2.45. The smallest absolute Gasteiger partial charge is 0.407 e. The minimum atomic E-state index is -0.551. The van der Waals surface area contributed by atoms with Crippen LogP contribution in [0, 0.1) is 5.82 Å². The minimum absolute atomic E-state index is 0.189. The van der Waals surface area contributed by atoms with Crippen LogP contribution in [0.25, 0.3) is 0 Å². The number of hydrogen-bond donors (Lipinski definition) is 1. The van der Waals surface area contributed by atoms with Crippen molar-refractivity contribution in [2.24, 2.45) is 0 Å². The number of benzene rings is 1. The third-order valence-corrected chi connectivity index (χ3v) is 2.45. The lowest BCUT2D eigenvalue weighted by molar-refractivity contribution is 0.0528. The van der Waals surface area contributed by atoms with Crippen LogP contribution in [-0.2, 0) is 11.2 Å². The Morgan fingerprint density at radius 2 is 1.90 bits per heavy atom. The standard InChI is InChI=1S/C15H20FNO3/c1-10(18)12-7-11(8-13(16)9-12)5-6-17-14(19)20-15(2,3)4/h7-9H,5-6H2,1-4H3,(H,17,19). The average Bonchev–Trinajstić information content (AvgIpc) is 2.25. The zero-order valence-electron chi connectivity index (χ0n) is 12.2. The van der Waals surface area contributed by atoms with Gasteiger partial charge in [0.2, 0.25) is 0 Å². The molecular formula is C15H20FNO3. The van der Waals surface area contributed by atoms with Crippen molar-refractivity contribution in [1.29, 1.82) is 0 Å². The molecule has 0 bridgehead atoms. The number of rotatable bonds is 4. The lowest BCUT2D eigenvalue weighted by Gasteiger charge is -2.19. The molecule has 0 atom stereocenters. The first-order chi connectivity index (χ1) is 9.17. The molecule has 4 nitrogen and oxygen atoms in total. The normalized spacial score (nSPS) is 11.1. The van der Waals surface area contributed by atoms with Crippen molar-refractivity contribution in [2.45, 2.75) is 39.7 Å². The number of ether oxygens (including phenoxy) is 1. The van der Waals surface area contributed by atoms with E-state index in [-0.39, 0.29) is 5.78 Å². The molecule has 1 rings (SSSR count).